The minimum Gasteiger partial charge on any atom is -0.726 e. The number of likely N-dealkylation sites (N-methyl/N-ethyl adjacent to an activating group) is 1. The summed E-state index contributed by atoms with van der Waals surface area (Å²) in [7, 11) is -1.30. The van der Waals surface area contributed by atoms with E-state index in [1.807, 2.05) is 0 Å². The predicted octanol–water partition coefficient (Wildman–Crippen LogP) is 11.9. The van der Waals surface area contributed by atoms with Crippen LogP contribution in [0.1, 0.15) is 207 Å². The van der Waals surface area contributed by atoms with Gasteiger partial charge in [-0.1, -0.05) is 147 Å². The third kappa shape index (κ3) is 31.9. The molecule has 0 fully saturated rings. The van der Waals surface area contributed by atoms with Crippen molar-refractivity contribution < 1.29 is 26.4 Å². The van der Waals surface area contributed by atoms with E-state index in [4.69, 9.17) is 4.99 Å². The number of carbonyl (C=O) groups is 1. The number of hydrogen-bond acceptors (Lipinski definition) is 6. The first-order chi connectivity index (χ1) is 25.1. The van der Waals surface area contributed by atoms with Gasteiger partial charge in [-0.15, -0.1) is 0 Å². The van der Waals surface area contributed by atoms with Gasteiger partial charge in [-0.25, -0.2) is 13.4 Å². The molecule has 1 rings (SSSR count). The summed E-state index contributed by atoms with van der Waals surface area (Å²) in [4.78, 5) is 17.7. The molecule has 9 heteroatoms. The third-order valence-electron chi connectivity index (χ3n) is 10.3. The third-order valence-corrected chi connectivity index (χ3v) is 10.7. The van der Waals surface area contributed by atoms with Crippen molar-refractivity contribution in [1.82, 2.24) is 5.32 Å². The molecule has 0 aromatic heterocycles. The Morgan fingerprint density at radius 1 is 0.692 bits per heavy atom. The van der Waals surface area contributed by atoms with Crippen molar-refractivity contribution in [3.05, 3.63) is 24.3 Å². The molecule has 306 valence electrons. The van der Waals surface area contributed by atoms with Crippen LogP contribution in [0.4, 0.5) is 0 Å². The van der Waals surface area contributed by atoms with Gasteiger partial charge < -0.3 is 9.87 Å². The van der Waals surface area contributed by atoms with Crippen LogP contribution in [-0.4, -0.2) is 62.6 Å². The van der Waals surface area contributed by atoms with Gasteiger partial charge in [0.2, 0.25) is 16.3 Å². The number of amidine groups is 1. The summed E-state index contributed by atoms with van der Waals surface area (Å²) < 4.78 is 31.9. The van der Waals surface area contributed by atoms with E-state index in [9.17, 15) is 17.8 Å². The Bertz CT molecular complexity index is 1030. The first-order valence-corrected chi connectivity index (χ1v) is 23.0. The zero-order chi connectivity index (χ0) is 38.6. The standard InChI is InChI=1S/C42H79N3O.CH4O4S/c1-5-8-10-12-14-16-18-20-22-24-25-27-29-31-33-35-37-41-43-40(39-45(41,4)7-3)44-42(46)38-36-34-32-30-28-26-23-21-19-17-15-13-11-9-6-2;1-5-6(2,3)4/h20-23,40H,5-19,24-39H2,1-4H3;1H3,(H,2,3,4)/b22-20-,23-21-;. The molecule has 1 amide bonds. The maximum absolute atomic E-state index is 12.7. The lowest BCUT2D eigenvalue weighted by Gasteiger charge is -2.29. The highest BCUT2D eigenvalue weighted by atomic mass is 32.3. The van der Waals surface area contributed by atoms with Crippen LogP contribution >= 0.6 is 0 Å². The number of aliphatic imine (C=N–C) groups is 1. The molecule has 1 aliphatic heterocycles. The molecule has 1 heterocycles. The number of quaternary nitrogens is 1. The molecule has 2 unspecified atom stereocenters. The number of amides is 1. The molecular formula is C43H83N3O5S. The molecule has 52 heavy (non-hydrogen) atoms. The second kappa shape index (κ2) is 35.2. The van der Waals surface area contributed by atoms with Gasteiger partial charge in [0.25, 0.3) is 0 Å². The topological polar surface area (TPSA) is 108 Å². The second-order valence-electron chi connectivity index (χ2n) is 15.1. The molecular weight excluding hydrogens is 671 g/mol. The molecule has 0 spiro atoms. The summed E-state index contributed by atoms with van der Waals surface area (Å²) >= 11 is 0. The maximum Gasteiger partial charge on any atom is 0.221 e. The van der Waals surface area contributed by atoms with Gasteiger partial charge in [0, 0.05) is 12.8 Å². The van der Waals surface area contributed by atoms with Crippen LogP contribution < -0.4 is 5.32 Å². The molecule has 1 N–H and O–H groups in total. The van der Waals surface area contributed by atoms with Gasteiger partial charge in [0.15, 0.2) is 12.0 Å². The summed E-state index contributed by atoms with van der Waals surface area (Å²) in [5.74, 6) is 1.48. The molecule has 0 aromatic rings. The normalized spacial score (nSPS) is 17.5. The molecule has 0 saturated carbocycles. The van der Waals surface area contributed by atoms with Crippen LogP contribution in [0.25, 0.3) is 0 Å². The highest BCUT2D eigenvalue weighted by Crippen LogP contribution is 2.21. The van der Waals surface area contributed by atoms with Crippen LogP contribution in [0.3, 0.4) is 0 Å². The van der Waals surface area contributed by atoms with Gasteiger partial charge in [-0.3, -0.25) is 13.5 Å². The first-order valence-electron chi connectivity index (χ1n) is 21.6. The van der Waals surface area contributed by atoms with Gasteiger partial charge >= 0.3 is 0 Å². The second-order valence-corrected chi connectivity index (χ2v) is 16.3. The highest BCUT2D eigenvalue weighted by Gasteiger charge is 2.37. The highest BCUT2D eigenvalue weighted by molar-refractivity contribution is 7.80. The van der Waals surface area contributed by atoms with Crippen molar-refractivity contribution in [2.24, 2.45) is 4.99 Å². The van der Waals surface area contributed by atoms with Crippen LogP contribution in [0, 0.1) is 0 Å². The Morgan fingerprint density at radius 3 is 1.44 bits per heavy atom. The van der Waals surface area contributed by atoms with E-state index in [2.05, 4.69) is 61.6 Å². The predicted molar refractivity (Wildman–Crippen MR) is 221 cm³/mol. The van der Waals surface area contributed by atoms with Gasteiger partial charge in [-0.05, 0) is 71.1 Å². The zero-order valence-electron chi connectivity index (χ0n) is 34.7. The molecule has 1 aliphatic rings. The van der Waals surface area contributed by atoms with E-state index in [1.54, 1.807) is 0 Å². The number of allylic oxidation sites excluding steroid dienone is 4. The van der Waals surface area contributed by atoms with Crippen molar-refractivity contribution in [2.75, 3.05) is 27.2 Å². The van der Waals surface area contributed by atoms with Crippen molar-refractivity contribution in [3.8, 4) is 0 Å². The average Bonchev–Trinajstić information content (AvgIpc) is 3.44. The molecule has 0 bridgehead atoms. The molecule has 0 aromatic carbocycles. The zero-order valence-corrected chi connectivity index (χ0v) is 35.5. The Morgan fingerprint density at radius 2 is 1.06 bits per heavy atom. The van der Waals surface area contributed by atoms with E-state index in [1.165, 1.54) is 166 Å². The minimum absolute atomic E-state index is 0.0373. The Hall–Kier alpha value is -1.55. The Kier molecular flexibility index (Phi) is 34.1. The average molecular weight is 754 g/mol. The van der Waals surface area contributed by atoms with E-state index >= 15 is 0 Å². The quantitative estimate of drug-likeness (QED) is 0.0231. The Labute approximate surface area is 322 Å². The van der Waals surface area contributed by atoms with Crippen LogP contribution in [0.15, 0.2) is 29.3 Å². The van der Waals surface area contributed by atoms with Crippen molar-refractivity contribution in [1.29, 1.82) is 0 Å². The summed E-state index contributed by atoms with van der Waals surface area (Å²) in [6, 6.07) is 0. The van der Waals surface area contributed by atoms with Crippen LogP contribution in [0.2, 0.25) is 0 Å². The molecule has 0 saturated heterocycles. The fourth-order valence-corrected chi connectivity index (χ4v) is 6.72. The Balaban J connectivity index is 0.00000397. The fourth-order valence-electron chi connectivity index (χ4n) is 6.72. The minimum atomic E-state index is -4.41. The number of rotatable bonds is 34. The first kappa shape index (κ1) is 50.5. The summed E-state index contributed by atoms with van der Waals surface area (Å²) in [5, 5.41) is 3.25. The van der Waals surface area contributed by atoms with E-state index in [0.717, 1.165) is 43.9 Å². The van der Waals surface area contributed by atoms with E-state index in [0.29, 0.717) is 6.42 Å². The fraction of sp³-hybridized carbons (Fsp3) is 0.860. The van der Waals surface area contributed by atoms with Gasteiger partial charge in [-0.2, -0.15) is 0 Å². The van der Waals surface area contributed by atoms with Crippen molar-refractivity contribution >= 4 is 22.1 Å². The lowest BCUT2D eigenvalue weighted by molar-refractivity contribution is -0.815. The number of carbonyl (C=O) groups excluding carboxylic acids is 1. The van der Waals surface area contributed by atoms with Crippen LogP contribution in [-0.2, 0) is 19.4 Å². The molecule has 2 atom stereocenters. The molecule has 0 aliphatic carbocycles. The lowest BCUT2D eigenvalue weighted by Crippen LogP contribution is -2.50. The summed E-state index contributed by atoms with van der Waals surface area (Å²) in [6.07, 6.45) is 46.8. The summed E-state index contributed by atoms with van der Waals surface area (Å²) in [6.45, 7) is 8.78. The van der Waals surface area contributed by atoms with Gasteiger partial charge in [0.05, 0.1) is 20.7 Å². The maximum atomic E-state index is 12.7. The largest absolute Gasteiger partial charge is 0.726 e. The van der Waals surface area contributed by atoms with Gasteiger partial charge in [0.1, 0.15) is 6.54 Å². The number of hydrogen-bond donors (Lipinski definition) is 1. The number of nitrogens with zero attached hydrogens (tertiary/aromatic N) is 2. The molecule has 8 nitrogen and oxygen atoms in total. The number of unbranched alkanes of at least 4 members (excludes halogenated alkanes) is 23. The summed E-state index contributed by atoms with van der Waals surface area (Å²) in [5.41, 5.74) is 0. The SMILES string of the molecule is CCCCCCCC/C=C\CCCCCCCCC1=NC(NC(=O)CCCCCCC/C=C\CCCCCCCC)C[N+]1(C)CC.COS(=O)(=O)[O-]. The van der Waals surface area contributed by atoms with E-state index < -0.39 is 10.4 Å². The van der Waals surface area contributed by atoms with E-state index in [-0.39, 0.29) is 12.1 Å². The van der Waals surface area contributed by atoms with Crippen LogP contribution in [0.5, 0.6) is 0 Å². The monoisotopic (exact) mass is 754 g/mol. The number of nitrogens with one attached hydrogen (secondary N) is 1. The lowest BCUT2D eigenvalue weighted by atomic mass is 10.1. The molecule has 0 radical (unpaired) electrons. The smallest absolute Gasteiger partial charge is 0.221 e. The van der Waals surface area contributed by atoms with Crippen molar-refractivity contribution in [2.45, 2.75) is 213 Å². The van der Waals surface area contributed by atoms with Crippen molar-refractivity contribution in [3.63, 3.8) is 0 Å².